The summed E-state index contributed by atoms with van der Waals surface area (Å²) in [6.07, 6.45) is 3.15. The summed E-state index contributed by atoms with van der Waals surface area (Å²) in [6, 6.07) is 8.84. The fourth-order valence-electron chi connectivity index (χ4n) is 2.22. The van der Waals surface area contributed by atoms with Crippen LogP contribution < -0.4 is 5.73 Å². The summed E-state index contributed by atoms with van der Waals surface area (Å²) in [7, 11) is 0. The van der Waals surface area contributed by atoms with Crippen molar-refractivity contribution in [1.82, 2.24) is 24.6 Å². The van der Waals surface area contributed by atoms with Crippen LogP contribution >= 0.6 is 0 Å². The van der Waals surface area contributed by atoms with Gasteiger partial charge < -0.3 is 15.3 Å². The first-order chi connectivity index (χ1) is 11.2. The predicted molar refractivity (Wildman–Crippen MR) is 82.1 cm³/mol. The number of nitrogen functional groups attached to an aromatic ring is 1. The van der Waals surface area contributed by atoms with Crippen LogP contribution in [0.2, 0.25) is 0 Å². The molecule has 4 aromatic rings. The molecule has 0 saturated heterocycles. The van der Waals surface area contributed by atoms with Crippen LogP contribution in [0.3, 0.4) is 0 Å². The van der Waals surface area contributed by atoms with E-state index < -0.39 is 0 Å². The van der Waals surface area contributed by atoms with Crippen LogP contribution in [0.5, 0.6) is 0 Å². The third-order valence-corrected chi connectivity index (χ3v) is 3.36. The van der Waals surface area contributed by atoms with Gasteiger partial charge in [0.15, 0.2) is 11.4 Å². The second-order valence-corrected chi connectivity index (χ2v) is 4.89. The average molecular weight is 308 g/mol. The number of pyridine rings is 1. The van der Waals surface area contributed by atoms with Crippen LogP contribution in [0, 0.1) is 0 Å². The van der Waals surface area contributed by atoms with Crippen molar-refractivity contribution < 1.29 is 9.52 Å². The molecule has 0 aliphatic carbocycles. The number of furan rings is 1. The minimum Gasteiger partial charge on any atom is -0.461 e. The lowest BCUT2D eigenvalue weighted by Crippen LogP contribution is -2.03. The van der Waals surface area contributed by atoms with E-state index in [2.05, 4.69) is 20.1 Å². The quantitative estimate of drug-likeness (QED) is 0.589. The minimum atomic E-state index is -0.0570. The number of aliphatic hydroxyl groups excluding tert-OH is 1. The molecule has 23 heavy (non-hydrogen) atoms. The van der Waals surface area contributed by atoms with Crippen LogP contribution in [0.1, 0.15) is 5.56 Å². The molecule has 0 amide bonds. The number of hydrogen-bond acceptors (Lipinski definition) is 7. The third-order valence-electron chi connectivity index (χ3n) is 3.36. The summed E-state index contributed by atoms with van der Waals surface area (Å²) >= 11 is 0. The molecule has 8 heteroatoms. The second-order valence-electron chi connectivity index (χ2n) is 4.89. The average Bonchev–Trinajstić information content (AvgIpc) is 3.24. The molecule has 8 nitrogen and oxygen atoms in total. The third kappa shape index (κ3) is 2.30. The Labute approximate surface area is 130 Å². The van der Waals surface area contributed by atoms with E-state index in [1.807, 2.05) is 0 Å². The van der Waals surface area contributed by atoms with Gasteiger partial charge in [0.2, 0.25) is 11.8 Å². The zero-order chi connectivity index (χ0) is 15.8. The Kier molecular flexibility index (Phi) is 3.02. The van der Waals surface area contributed by atoms with Crippen LogP contribution in [-0.4, -0.2) is 29.7 Å². The Morgan fingerprint density at radius 2 is 2.09 bits per heavy atom. The molecule has 0 aliphatic rings. The first-order valence-electron chi connectivity index (χ1n) is 6.88. The fraction of sp³-hybridized carbons (Fsp3) is 0.0667. The number of rotatable bonds is 3. The summed E-state index contributed by atoms with van der Waals surface area (Å²) in [5.74, 6) is 1.19. The Morgan fingerprint density at radius 1 is 1.17 bits per heavy atom. The highest BCUT2D eigenvalue weighted by Crippen LogP contribution is 2.21. The molecule has 0 atom stereocenters. The van der Waals surface area contributed by atoms with E-state index >= 15 is 0 Å². The highest BCUT2D eigenvalue weighted by atomic mass is 16.3. The molecule has 4 rings (SSSR count). The Balaban J connectivity index is 1.82. The molecule has 114 valence electrons. The van der Waals surface area contributed by atoms with Crippen LogP contribution in [0.25, 0.3) is 28.6 Å². The lowest BCUT2D eigenvalue weighted by molar-refractivity contribution is 0.281. The molecule has 3 N–H and O–H groups in total. The van der Waals surface area contributed by atoms with E-state index in [0.29, 0.717) is 28.6 Å². The van der Waals surface area contributed by atoms with Gasteiger partial charge in [-0.25, -0.2) is 9.97 Å². The van der Waals surface area contributed by atoms with Crippen LogP contribution in [0.15, 0.2) is 47.2 Å². The fourth-order valence-corrected chi connectivity index (χ4v) is 2.22. The maximum Gasteiger partial charge on any atom is 0.223 e. The van der Waals surface area contributed by atoms with E-state index in [1.165, 1.54) is 4.52 Å². The number of nitrogens with zero attached hydrogens (tertiary/aromatic N) is 5. The zero-order valence-electron chi connectivity index (χ0n) is 11.9. The molecule has 4 heterocycles. The molecule has 0 radical (unpaired) electrons. The lowest BCUT2D eigenvalue weighted by Gasteiger charge is -2.03. The van der Waals surface area contributed by atoms with Gasteiger partial charge in [0.05, 0.1) is 24.3 Å². The second kappa shape index (κ2) is 5.18. The monoisotopic (exact) mass is 308 g/mol. The van der Waals surface area contributed by atoms with E-state index in [9.17, 15) is 0 Å². The van der Waals surface area contributed by atoms with Crippen LogP contribution in [0.4, 0.5) is 5.95 Å². The molecule has 0 spiro atoms. The highest BCUT2D eigenvalue weighted by Gasteiger charge is 2.13. The molecule has 0 saturated carbocycles. The molecule has 0 aromatic carbocycles. The van der Waals surface area contributed by atoms with Gasteiger partial charge in [0, 0.05) is 12.3 Å². The van der Waals surface area contributed by atoms with Gasteiger partial charge in [-0.2, -0.15) is 4.52 Å². The van der Waals surface area contributed by atoms with E-state index in [-0.39, 0.29) is 12.6 Å². The molecule has 0 bridgehead atoms. The van der Waals surface area contributed by atoms with Gasteiger partial charge in [-0.1, -0.05) is 6.07 Å². The number of hydrogen-bond donors (Lipinski definition) is 2. The standard InChI is InChI=1S/C15H12N6O2/c16-15-18-11(10-4-3-9(8-22)7-17-10)6-13-19-14(20-21(13)15)12-2-1-5-23-12/h1-7,22H,8H2,(H2,16,18). The van der Waals surface area contributed by atoms with Gasteiger partial charge in [0.25, 0.3) is 0 Å². The first-order valence-corrected chi connectivity index (χ1v) is 6.88. The normalized spacial score (nSPS) is 11.2. The summed E-state index contributed by atoms with van der Waals surface area (Å²) in [5, 5.41) is 13.4. The number of nitrogens with two attached hydrogens (primary N) is 1. The largest absolute Gasteiger partial charge is 0.461 e. The van der Waals surface area contributed by atoms with E-state index in [0.717, 1.165) is 5.56 Å². The van der Waals surface area contributed by atoms with Crippen molar-refractivity contribution in [1.29, 1.82) is 0 Å². The van der Waals surface area contributed by atoms with E-state index in [4.69, 9.17) is 15.3 Å². The highest BCUT2D eigenvalue weighted by molar-refractivity contribution is 5.64. The maximum atomic E-state index is 9.07. The van der Waals surface area contributed by atoms with Gasteiger partial charge in [0.1, 0.15) is 0 Å². The molecular weight excluding hydrogens is 296 g/mol. The summed E-state index contributed by atoms with van der Waals surface area (Å²) in [5.41, 5.74) is 8.46. The summed E-state index contributed by atoms with van der Waals surface area (Å²) in [4.78, 5) is 13.0. The van der Waals surface area contributed by atoms with Gasteiger partial charge in [-0.3, -0.25) is 4.98 Å². The van der Waals surface area contributed by atoms with Crippen molar-refractivity contribution >= 4 is 11.6 Å². The van der Waals surface area contributed by atoms with Gasteiger partial charge in [-0.15, -0.1) is 5.10 Å². The smallest absolute Gasteiger partial charge is 0.223 e. The molecular formula is C15H12N6O2. The van der Waals surface area contributed by atoms with Crippen molar-refractivity contribution in [3.05, 3.63) is 48.4 Å². The minimum absolute atomic E-state index is 0.0570. The molecule has 0 unspecified atom stereocenters. The summed E-state index contributed by atoms with van der Waals surface area (Å²) < 4.78 is 6.74. The predicted octanol–water partition coefficient (Wildman–Crippen LogP) is 1.52. The van der Waals surface area contributed by atoms with Crippen molar-refractivity contribution in [2.24, 2.45) is 0 Å². The summed E-state index contributed by atoms with van der Waals surface area (Å²) in [6.45, 7) is -0.0570. The SMILES string of the molecule is Nc1nc(-c2ccc(CO)cn2)cc2nc(-c3ccco3)nn12. The number of aromatic nitrogens is 5. The molecule has 0 fully saturated rings. The van der Waals surface area contributed by atoms with Crippen LogP contribution in [-0.2, 0) is 6.61 Å². The Bertz CT molecular complexity index is 960. The van der Waals surface area contributed by atoms with Gasteiger partial charge >= 0.3 is 0 Å². The van der Waals surface area contributed by atoms with Crippen molar-refractivity contribution in [3.8, 4) is 23.0 Å². The topological polar surface area (TPSA) is 115 Å². The van der Waals surface area contributed by atoms with Crippen molar-refractivity contribution in [2.75, 3.05) is 5.73 Å². The maximum absolute atomic E-state index is 9.07. The molecule has 4 aromatic heterocycles. The van der Waals surface area contributed by atoms with E-state index in [1.54, 1.807) is 42.8 Å². The molecule has 0 aliphatic heterocycles. The zero-order valence-corrected chi connectivity index (χ0v) is 11.9. The lowest BCUT2D eigenvalue weighted by atomic mass is 10.2. The number of fused-ring (bicyclic) bond motifs is 1. The Hall–Kier alpha value is -3.26. The van der Waals surface area contributed by atoms with Crippen molar-refractivity contribution in [3.63, 3.8) is 0 Å². The Morgan fingerprint density at radius 3 is 2.78 bits per heavy atom. The first kappa shape index (κ1) is 13.4. The van der Waals surface area contributed by atoms with Gasteiger partial charge in [-0.05, 0) is 23.8 Å². The van der Waals surface area contributed by atoms with Crippen molar-refractivity contribution in [2.45, 2.75) is 6.61 Å². The number of aliphatic hydroxyl groups is 1. The number of anilines is 1.